The molecule has 0 bridgehead atoms. The third kappa shape index (κ3) is 38.4. The zero-order valence-corrected chi connectivity index (χ0v) is 55.7. The van der Waals surface area contributed by atoms with Crippen LogP contribution in [0.4, 0.5) is 0 Å². The molecule has 0 aliphatic carbocycles. The quantitative estimate of drug-likeness (QED) is 0.0165. The Hall–Kier alpha value is -1.86. The van der Waals surface area contributed by atoms with Gasteiger partial charge in [0, 0.05) is 46.2 Å². The zero-order valence-electron chi connectivity index (χ0n) is 54.8. The molecule has 0 aromatic rings. The number of phosphoric acid groups is 1. The van der Waals surface area contributed by atoms with Gasteiger partial charge in [0.05, 0.1) is 37.9 Å². The summed E-state index contributed by atoms with van der Waals surface area (Å²) < 4.78 is 62.0. The van der Waals surface area contributed by atoms with E-state index < -0.39 is 81.9 Å². The van der Waals surface area contributed by atoms with Crippen molar-refractivity contribution in [2.45, 2.75) is 353 Å². The number of ether oxygens (including phenoxy) is 7. The molecule has 2 amide bonds. The maximum atomic E-state index is 14.0. The summed E-state index contributed by atoms with van der Waals surface area (Å²) in [5.74, 6) is -1.43. The van der Waals surface area contributed by atoms with E-state index in [1.54, 1.807) is 14.2 Å². The number of carbonyl (C=O) groups is 3. The summed E-state index contributed by atoms with van der Waals surface area (Å²) in [6.07, 6.45) is 36.5. The topological polar surface area (TPSA) is 227 Å². The number of aliphatic hydroxyl groups excluding tert-OH is 1. The highest BCUT2D eigenvalue weighted by Gasteiger charge is 2.51. The predicted octanol–water partition coefficient (Wildman–Crippen LogP) is 14.8. The molecule has 85 heavy (non-hydrogen) atoms. The van der Waals surface area contributed by atoms with E-state index in [-0.39, 0.29) is 43.3 Å². The van der Waals surface area contributed by atoms with Crippen molar-refractivity contribution >= 4 is 25.4 Å². The largest absolute Gasteiger partial charge is 0.472 e. The van der Waals surface area contributed by atoms with Crippen molar-refractivity contribution in [3.8, 4) is 0 Å². The van der Waals surface area contributed by atoms with Gasteiger partial charge in [-0.1, -0.05) is 227 Å². The van der Waals surface area contributed by atoms with Gasteiger partial charge in [-0.05, 0) is 57.8 Å². The second kappa shape index (κ2) is 51.8. The van der Waals surface area contributed by atoms with Crippen LogP contribution >= 0.6 is 7.82 Å². The lowest BCUT2D eigenvalue weighted by molar-refractivity contribution is -0.295. The number of hydrogen-bond donors (Lipinski definition) is 5. The van der Waals surface area contributed by atoms with Gasteiger partial charge in [0.15, 0.2) is 12.6 Å². The third-order valence-corrected chi connectivity index (χ3v) is 17.5. The first kappa shape index (κ1) is 79.2. The summed E-state index contributed by atoms with van der Waals surface area (Å²) in [5, 5.41) is 18.2. The van der Waals surface area contributed by atoms with E-state index >= 15 is 0 Å². The molecule has 0 aromatic carbocycles. The molecule has 2 heterocycles. The minimum Gasteiger partial charge on any atom is -0.388 e. The first-order chi connectivity index (χ1) is 41.2. The molecule has 2 rings (SSSR count). The fourth-order valence-corrected chi connectivity index (χ4v) is 12.1. The van der Waals surface area contributed by atoms with Gasteiger partial charge in [0.25, 0.3) is 0 Å². The highest BCUT2D eigenvalue weighted by atomic mass is 31.2. The van der Waals surface area contributed by atoms with Crippen LogP contribution in [0.5, 0.6) is 0 Å². The number of nitrogens with one attached hydrogen (secondary N) is 2. The van der Waals surface area contributed by atoms with Crippen molar-refractivity contribution in [3.63, 3.8) is 0 Å². The maximum absolute atomic E-state index is 14.0. The number of ketones is 1. The molecule has 2 aliphatic heterocycles. The van der Waals surface area contributed by atoms with Crippen molar-refractivity contribution in [2.75, 3.05) is 40.6 Å². The number of amides is 2. The first-order valence-electron chi connectivity index (χ1n) is 34.6. The molecular formula is C67H127N2O15P. The van der Waals surface area contributed by atoms with Crippen molar-refractivity contribution in [1.29, 1.82) is 0 Å². The van der Waals surface area contributed by atoms with Crippen LogP contribution in [0.15, 0.2) is 12.2 Å². The second-order valence-electron chi connectivity index (χ2n) is 24.6. The molecule has 0 saturated carbocycles. The number of Topliss-reactive ketones (excluding diaryl/α,β-unsaturated/α-hetero) is 1. The van der Waals surface area contributed by atoms with Crippen LogP contribution < -0.4 is 10.6 Å². The number of rotatable bonds is 57. The zero-order chi connectivity index (χ0) is 62.2. The van der Waals surface area contributed by atoms with Crippen LogP contribution in [0.25, 0.3) is 0 Å². The summed E-state index contributed by atoms with van der Waals surface area (Å²) in [4.78, 5) is 61.3. The van der Waals surface area contributed by atoms with Gasteiger partial charge in [0.1, 0.15) is 36.2 Å². The maximum Gasteiger partial charge on any atom is 0.472 e. The Bertz CT molecular complexity index is 1710. The summed E-state index contributed by atoms with van der Waals surface area (Å²) >= 11 is 0. The minimum absolute atomic E-state index is 0.00817. The number of unbranched alkanes of at least 4 members (excludes halogenated alkanes) is 30. The Kier molecular flexibility index (Phi) is 48.3. The molecule has 2 saturated heterocycles. The molecule has 0 aromatic heterocycles. The number of carbonyl (C=O) groups excluding carboxylic acids is 3. The van der Waals surface area contributed by atoms with Gasteiger partial charge >= 0.3 is 7.82 Å². The minimum atomic E-state index is -5.30. The Morgan fingerprint density at radius 2 is 0.976 bits per heavy atom. The average Bonchev–Trinajstić information content (AvgIpc) is 2.88. The molecule has 0 radical (unpaired) electrons. The number of aliphatic hydroxyl groups is 1. The van der Waals surface area contributed by atoms with Gasteiger partial charge in [-0.2, -0.15) is 0 Å². The monoisotopic (exact) mass is 1230 g/mol. The van der Waals surface area contributed by atoms with Crippen molar-refractivity contribution in [3.05, 3.63) is 12.2 Å². The standard InChI is InChI=1S/C67H127N2O15P/c1-8-12-16-20-23-26-27-28-29-30-31-33-35-39-43-47-59(71)68-61-64(80-50-48-56(78-7)46-42-37-19-15-11-4)54(5)57(52-77-6)82-66(61)81-53-58-63(73)65(79-49-44-40-36-25-22-18-14-10-3)62(67(83-58)84-85(74,75)76)69-60(72)51-55(70)45-41-38-34-32-24-21-17-13-9-2/h26-27,54,56-58,61-67,73H,8-25,28-53H2,1-7H3,(H,68,71)(H,69,72)(H2,74,75,76)/b27-26-. The number of hydrogen-bond acceptors (Lipinski definition) is 13. The Morgan fingerprint density at radius 1 is 0.518 bits per heavy atom. The second-order valence-corrected chi connectivity index (χ2v) is 25.8. The van der Waals surface area contributed by atoms with E-state index in [2.05, 4.69) is 50.5 Å². The fourth-order valence-electron chi connectivity index (χ4n) is 11.7. The average molecular weight is 1230 g/mol. The molecule has 18 heteroatoms. The normalized spacial score (nSPS) is 23.2. The van der Waals surface area contributed by atoms with Crippen LogP contribution in [0, 0.1) is 5.92 Å². The van der Waals surface area contributed by atoms with Crippen LogP contribution in [0.1, 0.15) is 291 Å². The highest BCUT2D eigenvalue weighted by molar-refractivity contribution is 7.46. The summed E-state index contributed by atoms with van der Waals surface area (Å²) in [6, 6.07) is -2.25. The lowest BCUT2D eigenvalue weighted by atomic mass is 9.88. The van der Waals surface area contributed by atoms with Crippen molar-refractivity contribution in [2.24, 2.45) is 5.92 Å². The van der Waals surface area contributed by atoms with Crippen LogP contribution in [-0.2, 0) is 56.6 Å². The van der Waals surface area contributed by atoms with Gasteiger partial charge in [-0.3, -0.25) is 18.9 Å². The van der Waals surface area contributed by atoms with Crippen LogP contribution in [-0.4, -0.2) is 134 Å². The van der Waals surface area contributed by atoms with Crippen LogP contribution in [0.3, 0.4) is 0 Å². The molecule has 500 valence electrons. The van der Waals surface area contributed by atoms with E-state index in [1.165, 1.54) is 116 Å². The summed E-state index contributed by atoms with van der Waals surface area (Å²) in [6.45, 7) is 11.1. The van der Waals surface area contributed by atoms with E-state index in [4.69, 9.17) is 37.7 Å². The van der Waals surface area contributed by atoms with Crippen molar-refractivity contribution < 1.29 is 71.5 Å². The number of methoxy groups -OCH3 is 2. The lowest BCUT2D eigenvalue weighted by Gasteiger charge is -2.47. The predicted molar refractivity (Wildman–Crippen MR) is 339 cm³/mol. The van der Waals surface area contributed by atoms with Gasteiger partial charge < -0.3 is 58.7 Å². The molecule has 5 N–H and O–H groups in total. The van der Waals surface area contributed by atoms with E-state index in [1.807, 2.05) is 6.92 Å². The number of phosphoric ester groups is 1. The van der Waals surface area contributed by atoms with E-state index in [9.17, 15) is 33.8 Å². The molecule has 2 aliphatic rings. The van der Waals surface area contributed by atoms with Crippen molar-refractivity contribution in [1.82, 2.24) is 10.6 Å². The Balaban J connectivity index is 2.33. The van der Waals surface area contributed by atoms with E-state index in [0.717, 1.165) is 96.3 Å². The molecule has 11 atom stereocenters. The molecule has 17 nitrogen and oxygen atoms in total. The first-order valence-corrected chi connectivity index (χ1v) is 36.1. The highest BCUT2D eigenvalue weighted by Crippen LogP contribution is 2.41. The Morgan fingerprint density at radius 3 is 1.52 bits per heavy atom. The molecular weight excluding hydrogens is 1100 g/mol. The lowest BCUT2D eigenvalue weighted by Crippen LogP contribution is -2.66. The SMILES string of the molecule is CCCCCC/C=C\CCCCCCCCCC(=O)NC1C(OCC2OC(OP(=O)(O)O)C(NC(=O)CC(=O)CCCCCCCCCCC)C(OCCCCCCCCCC)C2O)OC(COC)C(C)C1OCCC(CCCCCCC)OC. The molecule has 2 fully saturated rings. The molecule has 0 spiro atoms. The molecule has 11 unspecified atom stereocenters. The van der Waals surface area contributed by atoms with Gasteiger partial charge in [-0.25, -0.2) is 4.57 Å². The van der Waals surface area contributed by atoms with E-state index in [0.29, 0.717) is 38.7 Å². The van der Waals surface area contributed by atoms with Crippen LogP contribution in [0.2, 0.25) is 0 Å². The van der Waals surface area contributed by atoms with Gasteiger partial charge in [0.2, 0.25) is 11.8 Å². The smallest absolute Gasteiger partial charge is 0.388 e. The Labute approximate surface area is 517 Å². The third-order valence-electron chi connectivity index (χ3n) is 17.0. The van der Waals surface area contributed by atoms with Gasteiger partial charge in [-0.15, -0.1) is 0 Å². The fraction of sp³-hybridized carbons (Fsp3) is 0.925. The summed E-state index contributed by atoms with van der Waals surface area (Å²) in [7, 11) is -1.99. The number of allylic oxidation sites excluding steroid dienone is 2. The summed E-state index contributed by atoms with van der Waals surface area (Å²) in [5.41, 5.74) is 0.